The van der Waals surface area contributed by atoms with Crippen molar-refractivity contribution in [2.45, 2.75) is 38.5 Å². The van der Waals surface area contributed by atoms with E-state index >= 15 is 0 Å². The summed E-state index contributed by atoms with van der Waals surface area (Å²) in [5.74, 6) is 0.0211. The summed E-state index contributed by atoms with van der Waals surface area (Å²) in [5, 5.41) is -0.392. The summed E-state index contributed by atoms with van der Waals surface area (Å²) in [7, 11) is 1.80. The van der Waals surface area contributed by atoms with Crippen molar-refractivity contribution in [2.75, 3.05) is 13.6 Å². The Kier molecular flexibility index (Phi) is 6.17. The van der Waals surface area contributed by atoms with Gasteiger partial charge in [0.05, 0.1) is 0 Å². The van der Waals surface area contributed by atoms with E-state index in [0.717, 1.165) is 13.0 Å². The van der Waals surface area contributed by atoms with Gasteiger partial charge in [-0.15, -0.1) is 11.6 Å². The van der Waals surface area contributed by atoms with Crippen LogP contribution in [0.2, 0.25) is 0 Å². The van der Waals surface area contributed by atoms with E-state index in [2.05, 4.69) is 6.92 Å². The first kappa shape index (κ1) is 11.8. The van der Waals surface area contributed by atoms with E-state index in [1.807, 2.05) is 0 Å². The summed E-state index contributed by atoms with van der Waals surface area (Å²) >= 11 is 5.64. The van der Waals surface area contributed by atoms with Crippen LogP contribution < -0.4 is 0 Å². The minimum Gasteiger partial charge on any atom is -0.344 e. The molecule has 0 heterocycles. The summed E-state index contributed by atoms with van der Waals surface area (Å²) in [4.78, 5) is 12.9. The maximum absolute atomic E-state index is 11.2. The number of rotatable bonds is 5. The monoisotopic (exact) mass is 191 g/mol. The molecule has 0 aliphatic carbocycles. The number of hydrogen-bond acceptors (Lipinski definition) is 1. The van der Waals surface area contributed by atoms with E-state index in [4.69, 9.17) is 11.6 Å². The van der Waals surface area contributed by atoms with Crippen molar-refractivity contribution in [3.63, 3.8) is 0 Å². The van der Waals surface area contributed by atoms with E-state index in [1.54, 1.807) is 18.9 Å². The molecule has 0 saturated heterocycles. The molecule has 72 valence electrons. The van der Waals surface area contributed by atoms with Gasteiger partial charge >= 0.3 is 0 Å². The molecule has 12 heavy (non-hydrogen) atoms. The third-order valence-corrected chi connectivity index (χ3v) is 2.00. The second-order valence-electron chi connectivity index (χ2n) is 3.08. The molecule has 0 aliphatic rings. The van der Waals surface area contributed by atoms with E-state index in [-0.39, 0.29) is 5.91 Å². The Morgan fingerprint density at radius 2 is 2.08 bits per heavy atom. The van der Waals surface area contributed by atoms with Crippen LogP contribution in [0, 0.1) is 0 Å². The Balaban J connectivity index is 3.57. The number of hydrogen-bond donors (Lipinski definition) is 0. The Hall–Kier alpha value is -0.240. The van der Waals surface area contributed by atoms with Crippen LogP contribution in [0.5, 0.6) is 0 Å². The lowest BCUT2D eigenvalue weighted by Gasteiger charge is -2.17. The number of carbonyl (C=O) groups excluding carboxylic acids is 1. The van der Waals surface area contributed by atoms with Gasteiger partial charge in [0.15, 0.2) is 0 Å². The molecule has 0 spiro atoms. The SMILES string of the molecule is CCCCCN(C)C(=O)C(C)Cl. The predicted molar refractivity (Wildman–Crippen MR) is 52.5 cm³/mol. The topological polar surface area (TPSA) is 20.3 Å². The van der Waals surface area contributed by atoms with Gasteiger partial charge in [-0.25, -0.2) is 0 Å². The average Bonchev–Trinajstić information content (AvgIpc) is 2.03. The van der Waals surface area contributed by atoms with Crippen LogP contribution in [0.25, 0.3) is 0 Å². The van der Waals surface area contributed by atoms with Crippen molar-refractivity contribution in [1.29, 1.82) is 0 Å². The van der Waals surface area contributed by atoms with Gasteiger partial charge in [0.25, 0.3) is 0 Å². The maximum atomic E-state index is 11.2. The van der Waals surface area contributed by atoms with Gasteiger partial charge in [-0.3, -0.25) is 4.79 Å². The second kappa shape index (κ2) is 6.30. The van der Waals surface area contributed by atoms with Gasteiger partial charge in [-0.05, 0) is 13.3 Å². The number of nitrogens with zero attached hydrogens (tertiary/aromatic N) is 1. The number of alkyl halides is 1. The molecular formula is C9H18ClNO. The zero-order valence-electron chi connectivity index (χ0n) is 8.14. The Morgan fingerprint density at radius 3 is 2.50 bits per heavy atom. The molecule has 0 N–H and O–H groups in total. The number of halogens is 1. The molecule has 1 amide bonds. The Morgan fingerprint density at radius 1 is 1.50 bits per heavy atom. The summed E-state index contributed by atoms with van der Waals surface area (Å²) < 4.78 is 0. The molecular weight excluding hydrogens is 174 g/mol. The fourth-order valence-electron chi connectivity index (χ4n) is 1.01. The highest BCUT2D eigenvalue weighted by Crippen LogP contribution is 2.02. The molecule has 0 fully saturated rings. The quantitative estimate of drug-likeness (QED) is 0.482. The number of amides is 1. The normalized spacial score (nSPS) is 12.7. The minimum absolute atomic E-state index is 0.0211. The second-order valence-corrected chi connectivity index (χ2v) is 3.74. The van der Waals surface area contributed by atoms with Gasteiger partial charge in [0.2, 0.25) is 5.91 Å². The first-order valence-corrected chi connectivity index (χ1v) is 4.92. The molecule has 0 rings (SSSR count). The van der Waals surface area contributed by atoms with Crippen molar-refractivity contribution in [1.82, 2.24) is 4.90 Å². The molecule has 2 nitrogen and oxygen atoms in total. The maximum Gasteiger partial charge on any atom is 0.240 e. The van der Waals surface area contributed by atoms with Crippen LogP contribution >= 0.6 is 11.6 Å². The zero-order chi connectivity index (χ0) is 9.56. The van der Waals surface area contributed by atoms with Crippen LogP contribution in [0.15, 0.2) is 0 Å². The summed E-state index contributed by atoms with van der Waals surface area (Å²) in [6.07, 6.45) is 3.43. The van der Waals surface area contributed by atoms with Gasteiger partial charge < -0.3 is 4.90 Å². The average molecular weight is 192 g/mol. The summed E-state index contributed by atoms with van der Waals surface area (Å²) in [6.45, 7) is 4.68. The van der Waals surface area contributed by atoms with Crippen LogP contribution in [0.3, 0.4) is 0 Å². The third-order valence-electron chi connectivity index (χ3n) is 1.81. The van der Waals surface area contributed by atoms with Crippen molar-refractivity contribution < 1.29 is 4.79 Å². The molecule has 0 bridgehead atoms. The van der Waals surface area contributed by atoms with E-state index < -0.39 is 5.38 Å². The minimum atomic E-state index is -0.392. The van der Waals surface area contributed by atoms with Crippen molar-refractivity contribution >= 4 is 17.5 Å². The highest BCUT2D eigenvalue weighted by atomic mass is 35.5. The van der Waals surface area contributed by atoms with Gasteiger partial charge in [0.1, 0.15) is 5.38 Å². The fourth-order valence-corrected chi connectivity index (χ4v) is 1.18. The molecule has 0 radical (unpaired) electrons. The largest absolute Gasteiger partial charge is 0.344 e. The van der Waals surface area contributed by atoms with E-state index in [1.165, 1.54) is 12.8 Å². The molecule has 1 atom stereocenters. The first-order valence-electron chi connectivity index (χ1n) is 4.48. The highest BCUT2D eigenvalue weighted by Gasteiger charge is 2.13. The zero-order valence-corrected chi connectivity index (χ0v) is 8.90. The summed E-state index contributed by atoms with van der Waals surface area (Å²) in [6, 6.07) is 0. The molecule has 0 aromatic rings. The molecule has 0 saturated carbocycles. The van der Waals surface area contributed by atoms with Gasteiger partial charge in [-0.1, -0.05) is 19.8 Å². The standard InChI is InChI=1S/C9H18ClNO/c1-4-5-6-7-11(3)9(12)8(2)10/h8H,4-7H2,1-3H3. The molecule has 1 unspecified atom stereocenters. The van der Waals surface area contributed by atoms with Crippen LogP contribution in [0.1, 0.15) is 33.1 Å². The Labute approximate surface area is 79.9 Å². The Bertz CT molecular complexity index is 136. The first-order chi connectivity index (χ1) is 5.59. The lowest BCUT2D eigenvalue weighted by molar-refractivity contribution is -0.129. The van der Waals surface area contributed by atoms with E-state index in [0.29, 0.717) is 0 Å². The van der Waals surface area contributed by atoms with Gasteiger partial charge in [0, 0.05) is 13.6 Å². The fraction of sp³-hybridized carbons (Fsp3) is 0.889. The molecule has 3 heteroatoms. The van der Waals surface area contributed by atoms with E-state index in [9.17, 15) is 4.79 Å². The number of carbonyl (C=O) groups is 1. The number of unbranched alkanes of at least 4 members (excludes halogenated alkanes) is 2. The van der Waals surface area contributed by atoms with Gasteiger partial charge in [-0.2, -0.15) is 0 Å². The smallest absolute Gasteiger partial charge is 0.240 e. The van der Waals surface area contributed by atoms with Crippen molar-refractivity contribution in [2.24, 2.45) is 0 Å². The van der Waals surface area contributed by atoms with Crippen LogP contribution in [-0.2, 0) is 4.79 Å². The van der Waals surface area contributed by atoms with Crippen LogP contribution in [-0.4, -0.2) is 29.8 Å². The van der Waals surface area contributed by atoms with Crippen molar-refractivity contribution in [3.05, 3.63) is 0 Å². The lowest BCUT2D eigenvalue weighted by Crippen LogP contribution is -2.32. The highest BCUT2D eigenvalue weighted by molar-refractivity contribution is 6.30. The third kappa shape index (κ3) is 4.60. The predicted octanol–water partition coefficient (Wildman–Crippen LogP) is 2.26. The van der Waals surface area contributed by atoms with Crippen LogP contribution in [0.4, 0.5) is 0 Å². The molecule has 0 aromatic heterocycles. The molecule has 0 aliphatic heterocycles. The van der Waals surface area contributed by atoms with Crippen molar-refractivity contribution in [3.8, 4) is 0 Å². The lowest BCUT2D eigenvalue weighted by atomic mass is 10.2. The summed E-state index contributed by atoms with van der Waals surface area (Å²) in [5.41, 5.74) is 0. The molecule has 0 aromatic carbocycles.